The van der Waals surface area contributed by atoms with Crippen LogP contribution in [0.2, 0.25) is 0 Å². The minimum absolute atomic E-state index is 0.178. The molecule has 4 heteroatoms. The zero-order valence-corrected chi connectivity index (χ0v) is 16.4. The van der Waals surface area contributed by atoms with Crippen molar-refractivity contribution < 1.29 is 18.7 Å². The smallest absolute Gasteiger partial charge is 0.335 e. The summed E-state index contributed by atoms with van der Waals surface area (Å²) in [5.41, 5.74) is 1.97. The summed E-state index contributed by atoms with van der Waals surface area (Å²) in [5, 5.41) is 9.62. The third-order valence-corrected chi connectivity index (χ3v) is 6.03. The fourth-order valence-electron chi connectivity index (χ4n) is 4.43. The fourth-order valence-corrected chi connectivity index (χ4v) is 4.43. The largest absolute Gasteiger partial charge is 0.478 e. The number of rotatable bonds is 7. The molecule has 0 radical (unpaired) electrons. The lowest BCUT2D eigenvalue weighted by atomic mass is 9.75. The SMILES string of the molecule is CCCCCC1CCC(c2cc(-c3ccc(F)cc3F)ccc2C(=O)O)CC1. The quantitative estimate of drug-likeness (QED) is 0.512. The zero-order chi connectivity index (χ0) is 20.1. The van der Waals surface area contributed by atoms with E-state index in [0.29, 0.717) is 16.7 Å². The van der Waals surface area contributed by atoms with Crippen molar-refractivity contribution in [3.8, 4) is 11.1 Å². The van der Waals surface area contributed by atoms with Gasteiger partial charge in [-0.3, -0.25) is 0 Å². The van der Waals surface area contributed by atoms with Crippen molar-refractivity contribution in [2.45, 2.75) is 64.2 Å². The van der Waals surface area contributed by atoms with Gasteiger partial charge in [-0.05, 0) is 72.9 Å². The summed E-state index contributed by atoms with van der Waals surface area (Å²) in [6.45, 7) is 2.21. The summed E-state index contributed by atoms with van der Waals surface area (Å²) in [6.07, 6.45) is 9.18. The molecule has 28 heavy (non-hydrogen) atoms. The lowest BCUT2D eigenvalue weighted by molar-refractivity contribution is 0.0694. The summed E-state index contributed by atoms with van der Waals surface area (Å²) in [7, 11) is 0. The molecule has 0 heterocycles. The van der Waals surface area contributed by atoms with Gasteiger partial charge >= 0.3 is 5.97 Å². The van der Waals surface area contributed by atoms with Gasteiger partial charge in [-0.1, -0.05) is 38.7 Å². The summed E-state index contributed by atoms with van der Waals surface area (Å²) < 4.78 is 27.4. The van der Waals surface area contributed by atoms with Crippen molar-refractivity contribution in [3.05, 3.63) is 59.2 Å². The molecule has 2 aromatic rings. The van der Waals surface area contributed by atoms with Crippen molar-refractivity contribution >= 4 is 5.97 Å². The molecule has 0 amide bonds. The summed E-state index contributed by atoms with van der Waals surface area (Å²) in [5.74, 6) is -1.30. The van der Waals surface area contributed by atoms with Crippen LogP contribution in [0, 0.1) is 17.6 Å². The van der Waals surface area contributed by atoms with Gasteiger partial charge in [0.25, 0.3) is 0 Å². The van der Waals surface area contributed by atoms with E-state index in [1.54, 1.807) is 18.2 Å². The Morgan fingerprint density at radius 2 is 1.79 bits per heavy atom. The van der Waals surface area contributed by atoms with Crippen LogP contribution in [0.4, 0.5) is 8.78 Å². The average Bonchev–Trinajstić information content (AvgIpc) is 2.68. The number of carboxylic acids is 1. The van der Waals surface area contributed by atoms with Crippen molar-refractivity contribution in [2.75, 3.05) is 0 Å². The Kier molecular flexibility index (Phi) is 6.82. The van der Waals surface area contributed by atoms with Crippen molar-refractivity contribution in [1.82, 2.24) is 0 Å². The first-order chi connectivity index (χ1) is 13.5. The summed E-state index contributed by atoms with van der Waals surface area (Å²) in [6, 6.07) is 8.46. The molecule has 2 nitrogen and oxygen atoms in total. The highest BCUT2D eigenvalue weighted by molar-refractivity contribution is 5.90. The maximum Gasteiger partial charge on any atom is 0.335 e. The monoisotopic (exact) mass is 386 g/mol. The molecule has 1 fully saturated rings. The minimum atomic E-state index is -0.953. The number of hydrogen-bond acceptors (Lipinski definition) is 1. The third-order valence-electron chi connectivity index (χ3n) is 6.03. The highest BCUT2D eigenvalue weighted by Crippen LogP contribution is 2.40. The number of carbonyl (C=O) groups is 1. The van der Waals surface area contributed by atoms with Crippen LogP contribution in [0.15, 0.2) is 36.4 Å². The van der Waals surface area contributed by atoms with E-state index >= 15 is 0 Å². The number of unbranched alkanes of at least 4 members (excludes halogenated alkanes) is 2. The van der Waals surface area contributed by atoms with E-state index in [9.17, 15) is 18.7 Å². The molecule has 0 saturated heterocycles. The fraction of sp³-hybridized carbons (Fsp3) is 0.458. The number of hydrogen-bond donors (Lipinski definition) is 1. The Morgan fingerprint density at radius 1 is 1.04 bits per heavy atom. The predicted octanol–water partition coefficient (Wildman–Crippen LogP) is 7.18. The van der Waals surface area contributed by atoms with E-state index in [2.05, 4.69) is 6.92 Å². The molecule has 1 saturated carbocycles. The third kappa shape index (κ3) is 4.78. The summed E-state index contributed by atoms with van der Waals surface area (Å²) >= 11 is 0. The Hall–Kier alpha value is -2.23. The predicted molar refractivity (Wildman–Crippen MR) is 108 cm³/mol. The van der Waals surface area contributed by atoms with Gasteiger partial charge in [-0.25, -0.2) is 13.6 Å². The second-order valence-electron chi connectivity index (χ2n) is 7.94. The number of halogens is 2. The van der Waals surface area contributed by atoms with E-state index in [0.717, 1.165) is 43.2 Å². The molecule has 2 aromatic carbocycles. The molecule has 1 aliphatic rings. The van der Waals surface area contributed by atoms with Gasteiger partial charge in [0, 0.05) is 11.6 Å². The zero-order valence-electron chi connectivity index (χ0n) is 16.4. The average molecular weight is 386 g/mol. The second kappa shape index (κ2) is 9.31. The Morgan fingerprint density at radius 3 is 2.43 bits per heavy atom. The first kappa shape index (κ1) is 20.5. The molecule has 0 bridgehead atoms. The molecule has 150 valence electrons. The van der Waals surface area contributed by atoms with Crippen LogP contribution in [0.3, 0.4) is 0 Å². The highest BCUT2D eigenvalue weighted by Gasteiger charge is 2.26. The number of benzene rings is 2. The first-order valence-electron chi connectivity index (χ1n) is 10.3. The number of carboxylic acid groups (broad SMARTS) is 1. The van der Waals surface area contributed by atoms with E-state index in [-0.39, 0.29) is 5.92 Å². The highest BCUT2D eigenvalue weighted by atomic mass is 19.1. The first-order valence-corrected chi connectivity index (χ1v) is 10.3. The van der Waals surface area contributed by atoms with Crippen LogP contribution < -0.4 is 0 Å². The molecule has 0 unspecified atom stereocenters. The minimum Gasteiger partial charge on any atom is -0.478 e. The Bertz CT molecular complexity index is 823. The van der Waals surface area contributed by atoms with E-state index in [1.807, 2.05) is 0 Å². The Balaban J connectivity index is 1.82. The maximum atomic E-state index is 14.2. The molecular formula is C24H28F2O2. The number of aromatic carboxylic acids is 1. The lowest BCUT2D eigenvalue weighted by Crippen LogP contribution is -2.16. The summed E-state index contributed by atoms with van der Waals surface area (Å²) in [4.78, 5) is 11.7. The molecule has 0 aliphatic heterocycles. The Labute approximate surface area is 165 Å². The molecule has 0 spiro atoms. The van der Waals surface area contributed by atoms with Gasteiger partial charge in [0.05, 0.1) is 5.56 Å². The topological polar surface area (TPSA) is 37.3 Å². The molecular weight excluding hydrogens is 358 g/mol. The lowest BCUT2D eigenvalue weighted by Gasteiger charge is -2.30. The van der Waals surface area contributed by atoms with Crippen LogP contribution >= 0.6 is 0 Å². The van der Waals surface area contributed by atoms with Gasteiger partial charge in [-0.15, -0.1) is 0 Å². The van der Waals surface area contributed by atoms with Crippen molar-refractivity contribution in [3.63, 3.8) is 0 Å². The van der Waals surface area contributed by atoms with Crippen LogP contribution in [0.5, 0.6) is 0 Å². The van der Waals surface area contributed by atoms with E-state index in [1.165, 1.54) is 37.8 Å². The van der Waals surface area contributed by atoms with Crippen LogP contribution in [0.1, 0.15) is 80.1 Å². The van der Waals surface area contributed by atoms with Crippen LogP contribution in [0.25, 0.3) is 11.1 Å². The molecule has 1 N–H and O–H groups in total. The van der Waals surface area contributed by atoms with Gasteiger partial charge in [-0.2, -0.15) is 0 Å². The van der Waals surface area contributed by atoms with Crippen LogP contribution in [-0.2, 0) is 0 Å². The molecule has 0 aromatic heterocycles. The van der Waals surface area contributed by atoms with Gasteiger partial charge in [0.2, 0.25) is 0 Å². The standard InChI is InChI=1S/C24H28F2O2/c1-2-3-4-5-16-6-8-17(9-7-16)22-14-18(10-12-21(22)24(27)28)20-13-11-19(25)15-23(20)26/h10-17H,2-9H2,1H3,(H,27,28). The van der Waals surface area contributed by atoms with E-state index < -0.39 is 17.6 Å². The van der Waals surface area contributed by atoms with Gasteiger partial charge in [0.1, 0.15) is 11.6 Å². The van der Waals surface area contributed by atoms with Crippen molar-refractivity contribution in [2.24, 2.45) is 5.92 Å². The molecule has 0 atom stereocenters. The normalized spacial score (nSPS) is 19.5. The second-order valence-corrected chi connectivity index (χ2v) is 7.94. The maximum absolute atomic E-state index is 14.2. The molecule has 1 aliphatic carbocycles. The van der Waals surface area contributed by atoms with Crippen molar-refractivity contribution in [1.29, 1.82) is 0 Å². The van der Waals surface area contributed by atoms with E-state index in [4.69, 9.17) is 0 Å². The van der Waals surface area contributed by atoms with Crippen LogP contribution in [-0.4, -0.2) is 11.1 Å². The van der Waals surface area contributed by atoms with Gasteiger partial charge in [0.15, 0.2) is 0 Å². The van der Waals surface area contributed by atoms with Gasteiger partial charge < -0.3 is 5.11 Å². The molecule has 3 rings (SSSR count).